The van der Waals surface area contributed by atoms with Crippen LogP contribution in [0.3, 0.4) is 0 Å². The van der Waals surface area contributed by atoms with Crippen molar-refractivity contribution in [3.05, 3.63) is 63.0 Å². The van der Waals surface area contributed by atoms with E-state index >= 15 is 0 Å². The van der Waals surface area contributed by atoms with Crippen LogP contribution in [-0.2, 0) is 17.7 Å². The monoisotopic (exact) mass is 428 g/mol. The van der Waals surface area contributed by atoms with Gasteiger partial charge >= 0.3 is 6.16 Å². The van der Waals surface area contributed by atoms with E-state index in [4.69, 9.17) is 26.4 Å². The Hall–Kier alpha value is -2.71. The molecule has 2 aliphatic rings. The second kappa shape index (κ2) is 7.27. The number of benzene rings is 1. The molecule has 1 aliphatic carbocycles. The van der Waals surface area contributed by atoms with Gasteiger partial charge in [-0.15, -0.1) is 21.5 Å². The SMILES string of the molecule is O=C(O)OCCc1cc2c(s1)-n1c(nnc1C1CC1)CN=C2c1ccccc1Cl. The van der Waals surface area contributed by atoms with E-state index in [1.54, 1.807) is 11.3 Å². The third-order valence-corrected chi connectivity index (χ3v) is 6.51. The van der Waals surface area contributed by atoms with Crippen LogP contribution in [0.1, 0.15) is 46.4 Å². The van der Waals surface area contributed by atoms with Crippen LogP contribution in [0.4, 0.5) is 4.79 Å². The summed E-state index contributed by atoms with van der Waals surface area (Å²) < 4.78 is 6.83. The highest BCUT2D eigenvalue weighted by atomic mass is 35.5. The quantitative estimate of drug-likeness (QED) is 0.606. The first-order valence-electron chi connectivity index (χ1n) is 9.34. The number of carbonyl (C=O) groups is 1. The lowest BCUT2D eigenvalue weighted by Gasteiger charge is -2.09. The molecule has 3 aromatic rings. The molecule has 1 aliphatic heterocycles. The zero-order valence-corrected chi connectivity index (χ0v) is 16.9. The predicted molar refractivity (Wildman–Crippen MR) is 110 cm³/mol. The average Bonchev–Trinajstić information content (AvgIpc) is 3.36. The summed E-state index contributed by atoms with van der Waals surface area (Å²) >= 11 is 8.08. The van der Waals surface area contributed by atoms with Crippen molar-refractivity contribution in [1.29, 1.82) is 0 Å². The van der Waals surface area contributed by atoms with Crippen LogP contribution in [0, 0.1) is 0 Å². The number of rotatable bonds is 5. The molecule has 1 saturated carbocycles. The van der Waals surface area contributed by atoms with Crippen LogP contribution >= 0.6 is 22.9 Å². The Morgan fingerprint density at radius 1 is 1.28 bits per heavy atom. The lowest BCUT2D eigenvalue weighted by Crippen LogP contribution is -2.06. The minimum Gasteiger partial charge on any atom is -0.450 e. The van der Waals surface area contributed by atoms with Crippen LogP contribution in [0.2, 0.25) is 5.02 Å². The van der Waals surface area contributed by atoms with Gasteiger partial charge in [-0.3, -0.25) is 9.56 Å². The zero-order valence-electron chi connectivity index (χ0n) is 15.3. The highest BCUT2D eigenvalue weighted by Gasteiger charge is 2.34. The third kappa shape index (κ3) is 3.42. The Morgan fingerprint density at radius 2 is 2.10 bits per heavy atom. The molecule has 3 heterocycles. The van der Waals surface area contributed by atoms with Crippen molar-refractivity contribution in [2.75, 3.05) is 6.61 Å². The van der Waals surface area contributed by atoms with Gasteiger partial charge in [0.25, 0.3) is 0 Å². The summed E-state index contributed by atoms with van der Waals surface area (Å²) in [4.78, 5) is 16.5. The van der Waals surface area contributed by atoms with Crippen molar-refractivity contribution >= 4 is 34.8 Å². The van der Waals surface area contributed by atoms with Gasteiger partial charge in [0.15, 0.2) is 5.82 Å². The summed E-state index contributed by atoms with van der Waals surface area (Å²) in [6.45, 7) is 0.539. The number of hydrogen-bond acceptors (Lipinski definition) is 6. The lowest BCUT2D eigenvalue weighted by atomic mass is 10.0. The number of ether oxygens (including phenoxy) is 1. The molecule has 29 heavy (non-hydrogen) atoms. The molecule has 0 radical (unpaired) electrons. The van der Waals surface area contributed by atoms with Gasteiger partial charge < -0.3 is 9.84 Å². The first-order chi connectivity index (χ1) is 14.1. The van der Waals surface area contributed by atoms with Crippen LogP contribution in [-0.4, -0.2) is 38.3 Å². The minimum atomic E-state index is -1.27. The van der Waals surface area contributed by atoms with Gasteiger partial charge in [0.2, 0.25) is 0 Å². The van der Waals surface area contributed by atoms with E-state index in [1.807, 2.05) is 24.3 Å². The molecule has 0 spiro atoms. The van der Waals surface area contributed by atoms with E-state index in [0.29, 0.717) is 23.9 Å². The molecular weight excluding hydrogens is 412 g/mol. The topological polar surface area (TPSA) is 89.6 Å². The number of fused-ring (bicyclic) bond motifs is 3. The van der Waals surface area contributed by atoms with Crippen molar-refractivity contribution in [2.45, 2.75) is 31.7 Å². The van der Waals surface area contributed by atoms with Crippen LogP contribution in [0.25, 0.3) is 5.00 Å². The molecule has 5 rings (SSSR count). The summed E-state index contributed by atoms with van der Waals surface area (Å²) in [5, 5.41) is 19.2. The van der Waals surface area contributed by atoms with Crippen molar-refractivity contribution in [1.82, 2.24) is 14.8 Å². The second-order valence-corrected chi connectivity index (χ2v) is 8.55. The second-order valence-electron chi connectivity index (χ2n) is 7.02. The fraction of sp³-hybridized carbons (Fsp3) is 0.300. The smallest absolute Gasteiger partial charge is 0.450 e. The van der Waals surface area contributed by atoms with Gasteiger partial charge in [-0.2, -0.15) is 0 Å². The van der Waals surface area contributed by atoms with Gasteiger partial charge in [0.05, 0.1) is 12.3 Å². The number of aliphatic imine (C=N–C) groups is 1. The number of nitrogens with zero attached hydrogens (tertiary/aromatic N) is 4. The Morgan fingerprint density at radius 3 is 2.86 bits per heavy atom. The summed E-state index contributed by atoms with van der Waals surface area (Å²) in [5.74, 6) is 2.23. The summed E-state index contributed by atoms with van der Waals surface area (Å²) in [6.07, 6.45) is 1.47. The minimum absolute atomic E-state index is 0.109. The number of thiophene rings is 1. The summed E-state index contributed by atoms with van der Waals surface area (Å²) in [7, 11) is 0. The largest absolute Gasteiger partial charge is 0.505 e. The highest BCUT2D eigenvalue weighted by molar-refractivity contribution is 7.15. The Kier molecular flexibility index (Phi) is 4.60. The van der Waals surface area contributed by atoms with E-state index in [0.717, 1.165) is 51.2 Å². The molecule has 1 fully saturated rings. The van der Waals surface area contributed by atoms with Gasteiger partial charge in [0.1, 0.15) is 17.4 Å². The Labute approximate surface area is 175 Å². The predicted octanol–water partition coefficient (Wildman–Crippen LogP) is 4.45. The molecular formula is C20H17ClN4O3S. The van der Waals surface area contributed by atoms with Gasteiger partial charge in [0, 0.05) is 33.4 Å². The average molecular weight is 429 g/mol. The molecule has 148 valence electrons. The van der Waals surface area contributed by atoms with Crippen LogP contribution in [0.15, 0.2) is 35.3 Å². The van der Waals surface area contributed by atoms with Crippen LogP contribution < -0.4 is 0 Å². The highest BCUT2D eigenvalue weighted by Crippen LogP contribution is 2.43. The van der Waals surface area contributed by atoms with Crippen molar-refractivity contribution in [2.24, 2.45) is 4.99 Å². The molecule has 7 nitrogen and oxygen atoms in total. The fourth-order valence-corrected chi connectivity index (χ4v) is 4.90. The van der Waals surface area contributed by atoms with E-state index in [-0.39, 0.29) is 6.61 Å². The lowest BCUT2D eigenvalue weighted by molar-refractivity contribution is 0.0929. The van der Waals surface area contributed by atoms with Crippen molar-refractivity contribution in [3.63, 3.8) is 0 Å². The molecule has 9 heteroatoms. The Bertz CT molecular complexity index is 1130. The first kappa shape index (κ1) is 18.3. The molecule has 0 amide bonds. The molecule has 0 unspecified atom stereocenters. The number of carboxylic acid groups (broad SMARTS) is 1. The van der Waals surface area contributed by atoms with Gasteiger partial charge in [-0.1, -0.05) is 29.8 Å². The zero-order chi connectivity index (χ0) is 20.0. The van der Waals surface area contributed by atoms with E-state index < -0.39 is 6.16 Å². The van der Waals surface area contributed by atoms with E-state index in [1.165, 1.54) is 0 Å². The summed E-state index contributed by atoms with van der Waals surface area (Å²) in [6, 6.07) is 9.71. The van der Waals surface area contributed by atoms with Crippen molar-refractivity contribution < 1.29 is 14.6 Å². The molecule has 0 bridgehead atoms. The summed E-state index contributed by atoms with van der Waals surface area (Å²) in [5.41, 5.74) is 2.65. The number of aromatic nitrogens is 3. The van der Waals surface area contributed by atoms with Crippen LogP contribution in [0.5, 0.6) is 0 Å². The maximum Gasteiger partial charge on any atom is 0.505 e. The fourth-order valence-electron chi connectivity index (χ4n) is 3.51. The van der Waals surface area contributed by atoms with E-state index in [9.17, 15) is 4.79 Å². The molecule has 0 atom stereocenters. The normalized spacial score (nSPS) is 15.3. The van der Waals surface area contributed by atoms with Gasteiger partial charge in [-0.05, 0) is 25.0 Å². The van der Waals surface area contributed by atoms with Crippen molar-refractivity contribution in [3.8, 4) is 5.00 Å². The standard InChI is InChI=1S/C20H17ClN4O3S/c21-15-4-2-1-3-13(15)17-14-9-12(7-8-28-20(26)27)29-19(14)25-16(10-22-17)23-24-18(25)11-5-6-11/h1-4,9,11H,5-8,10H2,(H,26,27). The first-order valence-corrected chi connectivity index (χ1v) is 10.5. The third-order valence-electron chi connectivity index (χ3n) is 5.00. The van der Waals surface area contributed by atoms with E-state index in [2.05, 4.69) is 20.8 Å². The molecule has 1 aromatic carbocycles. The molecule has 0 saturated heterocycles. The maximum absolute atomic E-state index is 10.7. The molecule has 2 aromatic heterocycles. The van der Waals surface area contributed by atoms with Gasteiger partial charge in [-0.25, -0.2) is 4.79 Å². The number of hydrogen-bond donors (Lipinski definition) is 1. The maximum atomic E-state index is 10.7. The number of halogens is 1. The Balaban J connectivity index is 1.62. The molecule has 1 N–H and O–H groups in total.